The van der Waals surface area contributed by atoms with Crippen molar-refractivity contribution in [2.45, 2.75) is 26.8 Å². The van der Waals surface area contributed by atoms with Crippen LogP contribution in [-0.4, -0.2) is 15.3 Å². The summed E-state index contributed by atoms with van der Waals surface area (Å²) >= 11 is 12.1. The Hall–Kier alpha value is -2.04. The van der Waals surface area contributed by atoms with Crippen molar-refractivity contribution in [3.63, 3.8) is 0 Å². The molecule has 0 aliphatic rings. The zero-order valence-electron chi connectivity index (χ0n) is 13.5. The summed E-state index contributed by atoms with van der Waals surface area (Å²) in [5.74, 6) is 0.744. The van der Waals surface area contributed by atoms with Crippen LogP contribution in [0.5, 0.6) is 0 Å². The number of hydrogen-bond acceptors (Lipinski definition) is 2. The average Bonchev–Trinajstić information content (AvgIpc) is 2.94. The quantitative estimate of drug-likeness (QED) is 0.671. The van der Waals surface area contributed by atoms with E-state index in [4.69, 9.17) is 23.2 Å². The molecule has 2 aromatic heterocycles. The maximum Gasteiger partial charge on any atom is 0.225 e. The van der Waals surface area contributed by atoms with Crippen LogP contribution in [0.2, 0.25) is 10.0 Å². The van der Waals surface area contributed by atoms with Crippen LogP contribution in [0.4, 0.5) is 5.82 Å². The molecular formula is C18H17Cl2N3O. The molecule has 6 heteroatoms. The van der Waals surface area contributed by atoms with Crippen LogP contribution in [0.3, 0.4) is 0 Å². The van der Waals surface area contributed by atoms with Gasteiger partial charge >= 0.3 is 0 Å². The van der Waals surface area contributed by atoms with Crippen molar-refractivity contribution in [2.75, 3.05) is 4.90 Å². The number of imidazole rings is 1. The van der Waals surface area contributed by atoms with E-state index in [-0.39, 0.29) is 5.91 Å². The molecule has 2 heterocycles. The molecule has 0 bridgehead atoms. The van der Waals surface area contributed by atoms with Crippen molar-refractivity contribution >= 4 is 40.6 Å². The molecule has 0 unspecified atom stereocenters. The zero-order valence-corrected chi connectivity index (χ0v) is 15.0. The second kappa shape index (κ2) is 6.83. The van der Waals surface area contributed by atoms with Gasteiger partial charge in [0.1, 0.15) is 11.5 Å². The van der Waals surface area contributed by atoms with Crippen LogP contribution in [-0.2, 0) is 17.8 Å². The van der Waals surface area contributed by atoms with Gasteiger partial charge in [-0.3, -0.25) is 14.1 Å². The second-order valence-electron chi connectivity index (χ2n) is 5.52. The number of fused-ring (bicyclic) bond motifs is 1. The van der Waals surface area contributed by atoms with E-state index >= 15 is 0 Å². The van der Waals surface area contributed by atoms with E-state index in [1.165, 1.54) is 0 Å². The van der Waals surface area contributed by atoms with Gasteiger partial charge < -0.3 is 0 Å². The van der Waals surface area contributed by atoms with Gasteiger partial charge in [-0.15, -0.1) is 0 Å². The number of nitrogens with zero attached hydrogens (tertiary/aromatic N) is 3. The molecule has 124 valence electrons. The number of halogens is 2. The summed E-state index contributed by atoms with van der Waals surface area (Å²) < 4.78 is 1.94. The number of aryl methyl sites for hydroxylation is 1. The highest BCUT2D eigenvalue weighted by Crippen LogP contribution is 2.27. The van der Waals surface area contributed by atoms with Gasteiger partial charge in [-0.2, -0.15) is 0 Å². The molecule has 0 N–H and O–H groups in total. The molecule has 3 rings (SSSR count). The molecule has 0 saturated heterocycles. The molecule has 0 saturated carbocycles. The Morgan fingerprint density at radius 2 is 2.00 bits per heavy atom. The summed E-state index contributed by atoms with van der Waals surface area (Å²) in [7, 11) is 0. The maximum atomic E-state index is 12.3. The summed E-state index contributed by atoms with van der Waals surface area (Å²) in [4.78, 5) is 18.7. The largest absolute Gasteiger partial charge is 0.292 e. The van der Waals surface area contributed by atoms with E-state index in [1.54, 1.807) is 24.0 Å². The number of benzene rings is 1. The van der Waals surface area contributed by atoms with Crippen LogP contribution in [0.25, 0.3) is 5.65 Å². The average molecular weight is 362 g/mol. The molecule has 1 aromatic carbocycles. The van der Waals surface area contributed by atoms with Crippen molar-refractivity contribution in [1.82, 2.24) is 9.38 Å². The predicted molar refractivity (Wildman–Crippen MR) is 97.9 cm³/mol. The molecule has 0 radical (unpaired) electrons. The number of amides is 1. The highest BCUT2D eigenvalue weighted by atomic mass is 35.5. The van der Waals surface area contributed by atoms with Crippen LogP contribution >= 0.6 is 23.2 Å². The van der Waals surface area contributed by atoms with Crippen molar-refractivity contribution in [3.05, 3.63) is 63.9 Å². The van der Waals surface area contributed by atoms with E-state index < -0.39 is 0 Å². The second-order valence-corrected chi connectivity index (χ2v) is 6.33. The van der Waals surface area contributed by atoms with Gasteiger partial charge in [0.05, 0.1) is 22.3 Å². The molecule has 24 heavy (non-hydrogen) atoms. The Morgan fingerprint density at radius 3 is 2.67 bits per heavy atom. The topological polar surface area (TPSA) is 37.6 Å². The number of anilines is 1. The number of carbonyl (C=O) groups excluding carboxylic acids is 1. The Bertz CT molecular complexity index is 904. The fourth-order valence-corrected chi connectivity index (χ4v) is 3.03. The number of aromatic nitrogens is 2. The van der Waals surface area contributed by atoms with E-state index in [0.717, 1.165) is 29.1 Å². The van der Waals surface area contributed by atoms with Gasteiger partial charge in [-0.25, -0.2) is 4.98 Å². The number of rotatable bonds is 4. The van der Waals surface area contributed by atoms with Crippen molar-refractivity contribution in [2.24, 2.45) is 0 Å². The Labute approximate surface area is 150 Å². The lowest BCUT2D eigenvalue weighted by Crippen LogP contribution is -2.29. The molecule has 1 amide bonds. The summed E-state index contributed by atoms with van der Waals surface area (Å²) in [5.41, 5.74) is 2.62. The summed E-state index contributed by atoms with van der Waals surface area (Å²) in [5, 5.41) is 0.977. The lowest BCUT2D eigenvalue weighted by molar-refractivity contribution is -0.116. The molecular weight excluding hydrogens is 345 g/mol. The predicted octanol–water partition coefficient (Wildman–Crippen LogP) is 4.76. The molecule has 3 aromatic rings. The first-order valence-electron chi connectivity index (χ1n) is 7.69. The monoisotopic (exact) mass is 361 g/mol. The molecule has 4 nitrogen and oxygen atoms in total. The normalized spacial score (nSPS) is 11.0. The first-order valence-corrected chi connectivity index (χ1v) is 8.45. The minimum atomic E-state index is -0.0542. The Kier molecular flexibility index (Phi) is 4.78. The molecule has 0 fully saturated rings. The first kappa shape index (κ1) is 16.8. The Morgan fingerprint density at radius 1 is 1.21 bits per heavy atom. The van der Waals surface area contributed by atoms with Crippen LogP contribution < -0.4 is 4.90 Å². The molecule has 0 aliphatic carbocycles. The Balaban J connectivity index is 2.08. The highest BCUT2D eigenvalue weighted by molar-refractivity contribution is 6.42. The fourth-order valence-electron chi connectivity index (χ4n) is 2.71. The van der Waals surface area contributed by atoms with Crippen LogP contribution in [0.1, 0.15) is 25.1 Å². The van der Waals surface area contributed by atoms with Crippen LogP contribution in [0, 0.1) is 0 Å². The molecule has 0 spiro atoms. The van der Waals surface area contributed by atoms with E-state index in [2.05, 4.69) is 4.98 Å². The van der Waals surface area contributed by atoms with Crippen molar-refractivity contribution < 1.29 is 4.79 Å². The van der Waals surface area contributed by atoms with E-state index in [0.29, 0.717) is 16.6 Å². The SMILES string of the molecule is CCc1nc2ccccn2c1N(Cc1ccc(Cl)c(Cl)c1)C(C)=O. The third kappa shape index (κ3) is 3.12. The summed E-state index contributed by atoms with van der Waals surface area (Å²) in [6, 6.07) is 11.2. The third-order valence-corrected chi connectivity index (χ3v) is 4.61. The highest BCUT2D eigenvalue weighted by Gasteiger charge is 2.21. The summed E-state index contributed by atoms with van der Waals surface area (Å²) in [6.07, 6.45) is 2.66. The molecule has 0 atom stereocenters. The minimum absolute atomic E-state index is 0.0542. The van der Waals surface area contributed by atoms with Crippen molar-refractivity contribution in [1.29, 1.82) is 0 Å². The summed E-state index contributed by atoms with van der Waals surface area (Å²) in [6.45, 7) is 3.99. The third-order valence-electron chi connectivity index (χ3n) is 3.87. The van der Waals surface area contributed by atoms with Gasteiger partial charge in [0, 0.05) is 13.1 Å². The van der Waals surface area contributed by atoms with Gasteiger partial charge in [0.25, 0.3) is 0 Å². The smallest absolute Gasteiger partial charge is 0.225 e. The first-order chi connectivity index (χ1) is 11.5. The van der Waals surface area contributed by atoms with Crippen molar-refractivity contribution in [3.8, 4) is 0 Å². The van der Waals surface area contributed by atoms with Gasteiger partial charge in [0.15, 0.2) is 0 Å². The van der Waals surface area contributed by atoms with Gasteiger partial charge in [0.2, 0.25) is 5.91 Å². The number of hydrogen-bond donors (Lipinski definition) is 0. The lowest BCUT2D eigenvalue weighted by Gasteiger charge is -2.22. The van der Waals surface area contributed by atoms with E-state index in [9.17, 15) is 4.79 Å². The van der Waals surface area contributed by atoms with E-state index in [1.807, 2.05) is 41.8 Å². The minimum Gasteiger partial charge on any atom is -0.292 e. The zero-order chi connectivity index (χ0) is 17.3. The van der Waals surface area contributed by atoms with Gasteiger partial charge in [-0.05, 0) is 36.2 Å². The van der Waals surface area contributed by atoms with Crippen LogP contribution in [0.15, 0.2) is 42.6 Å². The fraction of sp³-hybridized carbons (Fsp3) is 0.222. The van der Waals surface area contributed by atoms with Gasteiger partial charge in [-0.1, -0.05) is 42.3 Å². The number of carbonyl (C=O) groups is 1. The molecule has 0 aliphatic heterocycles. The standard InChI is InChI=1S/C18H17Cl2N3O/c1-3-16-18(22-9-5-4-6-17(22)21-16)23(12(2)24)11-13-7-8-14(19)15(20)10-13/h4-10H,3,11H2,1-2H3. The maximum absolute atomic E-state index is 12.3. The lowest BCUT2D eigenvalue weighted by atomic mass is 10.2. The number of pyridine rings is 1.